The second-order valence-corrected chi connectivity index (χ2v) is 8.74. The molecule has 4 rings (SSSR count). The number of carbonyl (C=O) groups is 1. The van der Waals surface area contributed by atoms with Crippen LogP contribution >= 0.6 is 0 Å². The van der Waals surface area contributed by atoms with Crippen molar-refractivity contribution in [2.45, 2.75) is 29.8 Å². The summed E-state index contributed by atoms with van der Waals surface area (Å²) >= 11 is 0. The van der Waals surface area contributed by atoms with Crippen LogP contribution in [0.2, 0.25) is 0 Å². The number of alkyl halides is 3. The molecular formula is C21H17F3N2O4S. The smallest absolute Gasteiger partial charge is 0.416 e. The quantitative estimate of drug-likeness (QED) is 0.654. The van der Waals surface area contributed by atoms with Crippen LogP contribution in [0.3, 0.4) is 0 Å². The Balaban J connectivity index is 1.71. The van der Waals surface area contributed by atoms with Crippen LogP contribution in [-0.4, -0.2) is 26.4 Å². The van der Waals surface area contributed by atoms with Crippen molar-refractivity contribution >= 4 is 26.8 Å². The summed E-state index contributed by atoms with van der Waals surface area (Å²) in [4.78, 5) is 16.9. The van der Waals surface area contributed by atoms with E-state index < -0.39 is 33.6 Å². The number of pyridine rings is 1. The van der Waals surface area contributed by atoms with Gasteiger partial charge >= 0.3 is 6.18 Å². The number of rotatable bonds is 4. The number of hydrogen-bond acceptors (Lipinski definition) is 5. The van der Waals surface area contributed by atoms with Crippen LogP contribution in [0.4, 0.5) is 13.2 Å². The molecule has 31 heavy (non-hydrogen) atoms. The molecule has 6 nitrogen and oxygen atoms in total. The zero-order chi connectivity index (χ0) is 22.4. The molecule has 0 saturated heterocycles. The maximum Gasteiger partial charge on any atom is 0.416 e. The minimum absolute atomic E-state index is 0.0162. The molecule has 162 valence electrons. The molecule has 1 amide bonds. The molecule has 1 atom stereocenters. The molecule has 0 aliphatic heterocycles. The number of ether oxygens (including phenoxy) is 1. The molecule has 1 aliphatic rings. The molecule has 1 aromatic heterocycles. The van der Waals surface area contributed by atoms with Crippen molar-refractivity contribution in [3.05, 3.63) is 65.4 Å². The van der Waals surface area contributed by atoms with E-state index in [0.29, 0.717) is 10.9 Å². The topological polar surface area (TPSA) is 85.4 Å². The van der Waals surface area contributed by atoms with Gasteiger partial charge < -0.3 is 4.74 Å². The predicted octanol–water partition coefficient (Wildman–Crippen LogP) is 3.80. The van der Waals surface area contributed by atoms with Gasteiger partial charge in [0.05, 0.1) is 29.0 Å². The number of nitrogens with zero attached hydrogens (tertiary/aromatic N) is 1. The van der Waals surface area contributed by atoms with Crippen molar-refractivity contribution in [2.75, 3.05) is 7.11 Å². The highest BCUT2D eigenvalue weighted by Gasteiger charge is 2.41. The zero-order valence-electron chi connectivity index (χ0n) is 16.2. The summed E-state index contributed by atoms with van der Waals surface area (Å²) in [6.07, 6.45) is -3.06. The number of fused-ring (bicyclic) bond motifs is 2. The summed E-state index contributed by atoms with van der Waals surface area (Å²) in [6.45, 7) is 0. The second kappa shape index (κ2) is 7.52. The summed E-state index contributed by atoms with van der Waals surface area (Å²) in [5.74, 6) is -1.88. The Morgan fingerprint density at radius 1 is 1.16 bits per heavy atom. The molecule has 1 heterocycles. The zero-order valence-corrected chi connectivity index (χ0v) is 17.0. The Labute approximate surface area is 176 Å². The van der Waals surface area contributed by atoms with Crippen LogP contribution in [-0.2, 0) is 27.4 Å². The Bertz CT molecular complexity index is 1280. The average molecular weight is 450 g/mol. The Morgan fingerprint density at radius 2 is 1.94 bits per heavy atom. The van der Waals surface area contributed by atoms with E-state index in [1.54, 1.807) is 18.2 Å². The van der Waals surface area contributed by atoms with E-state index in [2.05, 4.69) is 4.98 Å². The highest BCUT2D eigenvalue weighted by Crippen LogP contribution is 2.45. The highest BCUT2D eigenvalue weighted by molar-refractivity contribution is 7.90. The third-order valence-corrected chi connectivity index (χ3v) is 6.73. The van der Waals surface area contributed by atoms with Crippen molar-refractivity contribution in [3.63, 3.8) is 0 Å². The predicted molar refractivity (Wildman–Crippen MR) is 106 cm³/mol. The van der Waals surface area contributed by atoms with Gasteiger partial charge in [0.15, 0.2) is 0 Å². The maximum absolute atomic E-state index is 13.4. The molecule has 2 aromatic carbocycles. The van der Waals surface area contributed by atoms with E-state index in [0.717, 1.165) is 12.1 Å². The summed E-state index contributed by atoms with van der Waals surface area (Å²) < 4.78 is 73.3. The molecule has 1 N–H and O–H groups in total. The standard InChI is InChI=1S/C21H17F3N2O4S/c1-30-17-10-9-15(21(22,23)24)12-7-8-14(19(12)17)20(27)26-31(28,29)18-6-2-5-16-13(18)4-3-11-25-16/h2-6,9-11,14H,7-8H2,1H3,(H,26,27)/t14-/m0/s1. The van der Waals surface area contributed by atoms with E-state index in [1.165, 1.54) is 25.4 Å². The van der Waals surface area contributed by atoms with Crippen LogP contribution in [0.1, 0.15) is 29.0 Å². The lowest BCUT2D eigenvalue weighted by molar-refractivity contribution is -0.138. The highest BCUT2D eigenvalue weighted by atomic mass is 32.2. The number of sulfonamides is 1. The van der Waals surface area contributed by atoms with E-state index >= 15 is 0 Å². The molecule has 0 radical (unpaired) electrons. The number of benzene rings is 2. The maximum atomic E-state index is 13.4. The first kappa shape index (κ1) is 21.1. The summed E-state index contributed by atoms with van der Waals surface area (Å²) in [7, 11) is -3.00. The van der Waals surface area contributed by atoms with Crippen LogP contribution in [0.15, 0.2) is 53.6 Å². The lowest BCUT2D eigenvalue weighted by Crippen LogP contribution is -2.34. The van der Waals surface area contributed by atoms with Gasteiger partial charge in [-0.05, 0) is 54.8 Å². The van der Waals surface area contributed by atoms with Crippen molar-refractivity contribution < 1.29 is 31.1 Å². The molecule has 0 unspecified atom stereocenters. The third-order valence-electron chi connectivity index (χ3n) is 5.32. The van der Waals surface area contributed by atoms with Gasteiger partial charge in [-0.25, -0.2) is 13.1 Å². The van der Waals surface area contributed by atoms with E-state index in [-0.39, 0.29) is 34.6 Å². The van der Waals surface area contributed by atoms with Gasteiger partial charge in [-0.3, -0.25) is 9.78 Å². The van der Waals surface area contributed by atoms with E-state index in [1.807, 2.05) is 4.72 Å². The fourth-order valence-electron chi connectivity index (χ4n) is 4.00. The Morgan fingerprint density at radius 3 is 2.65 bits per heavy atom. The largest absolute Gasteiger partial charge is 0.496 e. The number of amides is 1. The van der Waals surface area contributed by atoms with Crippen LogP contribution in [0.25, 0.3) is 10.9 Å². The normalized spacial score (nSPS) is 16.2. The Kier molecular flexibility index (Phi) is 5.12. The number of hydrogen-bond donors (Lipinski definition) is 1. The van der Waals surface area contributed by atoms with Crippen molar-refractivity contribution in [1.82, 2.24) is 9.71 Å². The second-order valence-electron chi connectivity index (χ2n) is 7.09. The van der Waals surface area contributed by atoms with Crippen molar-refractivity contribution in [2.24, 2.45) is 0 Å². The molecule has 1 aliphatic carbocycles. The number of halogens is 3. The lowest BCUT2D eigenvalue weighted by Gasteiger charge is -2.18. The molecule has 0 fully saturated rings. The van der Waals surface area contributed by atoms with Gasteiger partial charge in [-0.1, -0.05) is 6.07 Å². The number of methoxy groups -OCH3 is 1. The van der Waals surface area contributed by atoms with Gasteiger partial charge in [0, 0.05) is 17.1 Å². The monoisotopic (exact) mass is 450 g/mol. The van der Waals surface area contributed by atoms with E-state index in [9.17, 15) is 26.4 Å². The molecule has 10 heteroatoms. The SMILES string of the molecule is COc1ccc(C(F)(F)F)c2c1[C@@H](C(=O)NS(=O)(=O)c1cccc3ncccc13)CC2. The summed E-state index contributed by atoms with van der Waals surface area (Å²) in [6, 6.07) is 9.66. The Hall–Kier alpha value is -3.14. The minimum atomic E-state index is -4.59. The van der Waals surface area contributed by atoms with Gasteiger partial charge in [0.25, 0.3) is 10.0 Å². The fraction of sp³-hybridized carbons (Fsp3) is 0.238. The molecule has 0 bridgehead atoms. The fourth-order valence-corrected chi connectivity index (χ4v) is 5.24. The van der Waals surface area contributed by atoms with Gasteiger partial charge in [-0.2, -0.15) is 13.2 Å². The average Bonchev–Trinajstić information content (AvgIpc) is 3.17. The number of carbonyl (C=O) groups excluding carboxylic acids is 1. The van der Waals surface area contributed by atoms with Gasteiger partial charge in [0.2, 0.25) is 5.91 Å². The van der Waals surface area contributed by atoms with Crippen molar-refractivity contribution in [3.8, 4) is 5.75 Å². The molecule has 0 spiro atoms. The van der Waals surface area contributed by atoms with Crippen LogP contribution in [0.5, 0.6) is 5.75 Å². The number of nitrogens with one attached hydrogen (secondary N) is 1. The van der Waals surface area contributed by atoms with E-state index in [4.69, 9.17) is 4.74 Å². The first-order valence-electron chi connectivity index (χ1n) is 9.31. The molecule has 3 aromatic rings. The first-order chi connectivity index (χ1) is 14.6. The van der Waals surface area contributed by atoms with Gasteiger partial charge in [0.1, 0.15) is 5.75 Å². The minimum Gasteiger partial charge on any atom is -0.496 e. The van der Waals surface area contributed by atoms with Crippen LogP contribution in [0, 0.1) is 0 Å². The lowest BCUT2D eigenvalue weighted by atomic mass is 9.96. The summed E-state index contributed by atoms with van der Waals surface area (Å²) in [5, 5.41) is 0.328. The van der Waals surface area contributed by atoms with Crippen LogP contribution < -0.4 is 9.46 Å². The molecular weight excluding hydrogens is 433 g/mol. The van der Waals surface area contributed by atoms with Crippen molar-refractivity contribution in [1.29, 1.82) is 0 Å². The molecule has 0 saturated carbocycles. The summed E-state index contributed by atoms with van der Waals surface area (Å²) in [5.41, 5.74) is -0.384. The first-order valence-corrected chi connectivity index (χ1v) is 10.8. The van der Waals surface area contributed by atoms with Gasteiger partial charge in [-0.15, -0.1) is 0 Å². The third kappa shape index (κ3) is 3.71. The number of aromatic nitrogens is 1.